The van der Waals surface area contributed by atoms with Crippen molar-refractivity contribution in [3.8, 4) is 5.75 Å². The van der Waals surface area contributed by atoms with Gasteiger partial charge in [0.25, 0.3) is 0 Å². The molecule has 0 unspecified atom stereocenters. The van der Waals surface area contributed by atoms with Crippen LogP contribution in [0.15, 0.2) is 54.6 Å². The van der Waals surface area contributed by atoms with E-state index in [0.29, 0.717) is 12.3 Å². The van der Waals surface area contributed by atoms with E-state index in [4.69, 9.17) is 4.74 Å². The summed E-state index contributed by atoms with van der Waals surface area (Å²) in [7, 11) is 1.71. The molecule has 1 aliphatic rings. The van der Waals surface area contributed by atoms with Crippen molar-refractivity contribution in [2.75, 3.05) is 33.3 Å². The first-order valence-electron chi connectivity index (χ1n) is 11.9. The number of ether oxygens (including phenoxy) is 1. The Balaban J connectivity index is 1.48. The molecule has 1 fully saturated rings. The number of amides is 1. The second-order valence-corrected chi connectivity index (χ2v) is 8.58. The van der Waals surface area contributed by atoms with E-state index in [1.807, 2.05) is 18.2 Å². The molecule has 168 valence electrons. The van der Waals surface area contributed by atoms with Gasteiger partial charge in [0, 0.05) is 32.6 Å². The minimum absolute atomic E-state index is 0.309. The summed E-state index contributed by atoms with van der Waals surface area (Å²) in [5.41, 5.74) is 2.56. The summed E-state index contributed by atoms with van der Waals surface area (Å²) in [4.78, 5) is 17.6. The average molecular weight is 423 g/mol. The second-order valence-electron chi connectivity index (χ2n) is 8.58. The first kappa shape index (κ1) is 23.3. The van der Waals surface area contributed by atoms with Gasteiger partial charge in [-0.25, -0.2) is 0 Å². The SMILES string of the molecule is COc1ccccc1CCCC(=O)N1CCCCCCN(Cc2ccccc2)CCC1. The predicted molar refractivity (Wildman–Crippen MR) is 127 cm³/mol. The molecule has 4 heteroatoms. The van der Waals surface area contributed by atoms with E-state index in [2.05, 4.69) is 46.2 Å². The molecule has 0 bridgehead atoms. The number of hydrogen-bond acceptors (Lipinski definition) is 3. The fourth-order valence-electron chi connectivity index (χ4n) is 4.45. The van der Waals surface area contributed by atoms with E-state index in [-0.39, 0.29) is 0 Å². The van der Waals surface area contributed by atoms with Crippen molar-refractivity contribution < 1.29 is 9.53 Å². The third-order valence-electron chi connectivity index (χ3n) is 6.19. The van der Waals surface area contributed by atoms with Crippen LogP contribution in [0.2, 0.25) is 0 Å². The molecule has 4 nitrogen and oxygen atoms in total. The lowest BCUT2D eigenvalue weighted by Crippen LogP contribution is -2.35. The summed E-state index contributed by atoms with van der Waals surface area (Å²) >= 11 is 0. The molecule has 0 N–H and O–H groups in total. The van der Waals surface area contributed by atoms with Gasteiger partial charge in [0.15, 0.2) is 0 Å². The first-order valence-corrected chi connectivity index (χ1v) is 11.9. The third kappa shape index (κ3) is 8.02. The molecule has 0 radical (unpaired) electrons. The number of methoxy groups -OCH3 is 1. The van der Waals surface area contributed by atoms with Crippen LogP contribution in [-0.4, -0.2) is 49.0 Å². The van der Waals surface area contributed by atoms with Gasteiger partial charge in [0.1, 0.15) is 5.75 Å². The molecule has 1 amide bonds. The van der Waals surface area contributed by atoms with Gasteiger partial charge in [-0.3, -0.25) is 9.69 Å². The van der Waals surface area contributed by atoms with Crippen molar-refractivity contribution in [3.05, 3.63) is 65.7 Å². The Labute approximate surface area is 188 Å². The van der Waals surface area contributed by atoms with Crippen LogP contribution >= 0.6 is 0 Å². The zero-order valence-electron chi connectivity index (χ0n) is 19.1. The molecule has 0 atom stereocenters. The molecule has 0 aromatic heterocycles. The highest BCUT2D eigenvalue weighted by Gasteiger charge is 2.15. The van der Waals surface area contributed by atoms with Crippen LogP contribution in [0.25, 0.3) is 0 Å². The Morgan fingerprint density at radius 3 is 2.32 bits per heavy atom. The van der Waals surface area contributed by atoms with Gasteiger partial charge in [-0.2, -0.15) is 0 Å². The Kier molecular flexibility index (Phi) is 9.91. The number of aryl methyl sites for hydroxylation is 1. The van der Waals surface area contributed by atoms with Crippen LogP contribution in [0.5, 0.6) is 5.75 Å². The molecule has 0 aliphatic carbocycles. The highest BCUT2D eigenvalue weighted by atomic mass is 16.5. The number of carbonyl (C=O) groups excluding carboxylic acids is 1. The minimum Gasteiger partial charge on any atom is -0.496 e. The van der Waals surface area contributed by atoms with Crippen molar-refractivity contribution in [3.63, 3.8) is 0 Å². The molecule has 31 heavy (non-hydrogen) atoms. The van der Waals surface area contributed by atoms with Crippen LogP contribution in [0, 0.1) is 0 Å². The Bertz CT molecular complexity index is 778. The normalized spacial score (nSPS) is 16.5. The highest BCUT2D eigenvalue weighted by molar-refractivity contribution is 5.76. The van der Waals surface area contributed by atoms with Crippen LogP contribution in [-0.2, 0) is 17.8 Å². The topological polar surface area (TPSA) is 32.8 Å². The van der Waals surface area contributed by atoms with Crippen LogP contribution in [0.3, 0.4) is 0 Å². The second kappa shape index (κ2) is 13.2. The Morgan fingerprint density at radius 1 is 0.839 bits per heavy atom. The van der Waals surface area contributed by atoms with Gasteiger partial charge in [0.2, 0.25) is 5.91 Å². The van der Waals surface area contributed by atoms with E-state index >= 15 is 0 Å². The first-order chi connectivity index (χ1) is 15.3. The molecule has 0 saturated carbocycles. The maximum atomic E-state index is 12.9. The molecule has 0 spiro atoms. The van der Waals surface area contributed by atoms with Gasteiger partial charge in [-0.05, 0) is 55.8 Å². The van der Waals surface area contributed by atoms with Gasteiger partial charge in [-0.1, -0.05) is 61.4 Å². The van der Waals surface area contributed by atoms with Gasteiger partial charge in [0.05, 0.1) is 7.11 Å². The number of hydrogen-bond donors (Lipinski definition) is 0. The molecular weight excluding hydrogens is 384 g/mol. The predicted octanol–water partition coefficient (Wildman–Crippen LogP) is 5.31. The van der Waals surface area contributed by atoms with Gasteiger partial charge < -0.3 is 9.64 Å². The largest absolute Gasteiger partial charge is 0.496 e. The lowest BCUT2D eigenvalue weighted by Gasteiger charge is -2.25. The van der Waals surface area contributed by atoms with Crippen molar-refractivity contribution in [2.45, 2.75) is 57.9 Å². The molecule has 1 saturated heterocycles. The summed E-state index contributed by atoms with van der Waals surface area (Å²) in [6.07, 6.45) is 8.25. The van der Waals surface area contributed by atoms with E-state index in [0.717, 1.165) is 64.2 Å². The fraction of sp³-hybridized carbons (Fsp3) is 0.519. The fourth-order valence-corrected chi connectivity index (χ4v) is 4.45. The molecule has 2 aromatic rings. The average Bonchev–Trinajstić information content (AvgIpc) is 2.85. The van der Waals surface area contributed by atoms with Crippen molar-refractivity contribution >= 4 is 5.91 Å². The summed E-state index contributed by atoms with van der Waals surface area (Å²) in [6.45, 7) is 5.00. The number of carbonyl (C=O) groups is 1. The van der Waals surface area contributed by atoms with Crippen LogP contribution in [0.4, 0.5) is 0 Å². The summed E-state index contributed by atoms with van der Waals surface area (Å²) in [6, 6.07) is 18.8. The quantitative estimate of drug-likeness (QED) is 0.606. The maximum Gasteiger partial charge on any atom is 0.222 e. The molecule has 1 heterocycles. The van der Waals surface area contributed by atoms with E-state index in [9.17, 15) is 4.79 Å². The van der Waals surface area contributed by atoms with Crippen LogP contribution < -0.4 is 4.74 Å². The van der Waals surface area contributed by atoms with Gasteiger partial charge >= 0.3 is 0 Å². The van der Waals surface area contributed by atoms with Crippen LogP contribution in [0.1, 0.15) is 56.1 Å². The van der Waals surface area contributed by atoms with Crippen molar-refractivity contribution in [2.24, 2.45) is 0 Å². The van der Waals surface area contributed by atoms with E-state index in [1.165, 1.54) is 30.4 Å². The maximum absolute atomic E-state index is 12.9. The smallest absolute Gasteiger partial charge is 0.222 e. The minimum atomic E-state index is 0.309. The Morgan fingerprint density at radius 2 is 1.52 bits per heavy atom. The molecule has 2 aromatic carbocycles. The summed E-state index contributed by atoms with van der Waals surface area (Å²) < 4.78 is 5.44. The van der Waals surface area contributed by atoms with E-state index < -0.39 is 0 Å². The van der Waals surface area contributed by atoms with E-state index in [1.54, 1.807) is 7.11 Å². The lowest BCUT2D eigenvalue weighted by molar-refractivity contribution is -0.131. The van der Waals surface area contributed by atoms with Crippen molar-refractivity contribution in [1.29, 1.82) is 0 Å². The highest BCUT2D eigenvalue weighted by Crippen LogP contribution is 2.20. The Hall–Kier alpha value is -2.33. The zero-order chi connectivity index (χ0) is 21.7. The summed E-state index contributed by atoms with van der Waals surface area (Å²) in [5, 5.41) is 0. The number of benzene rings is 2. The number of nitrogens with zero attached hydrogens (tertiary/aromatic N) is 2. The third-order valence-corrected chi connectivity index (χ3v) is 6.19. The monoisotopic (exact) mass is 422 g/mol. The van der Waals surface area contributed by atoms with Gasteiger partial charge in [-0.15, -0.1) is 0 Å². The molecular formula is C27H38N2O2. The molecule has 3 rings (SSSR count). The van der Waals surface area contributed by atoms with Crippen molar-refractivity contribution in [1.82, 2.24) is 9.80 Å². The lowest BCUT2D eigenvalue weighted by atomic mass is 10.1. The summed E-state index contributed by atoms with van der Waals surface area (Å²) in [5.74, 6) is 1.23. The number of rotatable bonds is 7. The number of para-hydroxylation sites is 1. The zero-order valence-corrected chi connectivity index (χ0v) is 19.1. The molecule has 1 aliphatic heterocycles. The standard InChI is InChI=1S/C27H38N2O2/c1-31-26-17-8-7-15-25(26)16-11-18-27(30)29-21-10-3-2-9-19-28(20-12-22-29)23-24-13-5-4-6-14-24/h4-8,13-15,17H,2-3,9-12,16,18-23H2,1H3.